The zero-order chi connectivity index (χ0) is 25.4. The van der Waals surface area contributed by atoms with E-state index in [0.29, 0.717) is 18.0 Å². The molecule has 0 aliphatic heterocycles. The van der Waals surface area contributed by atoms with Gasteiger partial charge in [-0.15, -0.1) is 0 Å². The Morgan fingerprint density at radius 3 is 1.83 bits per heavy atom. The van der Waals surface area contributed by atoms with Crippen molar-refractivity contribution in [2.45, 2.75) is 64.6 Å². The Morgan fingerprint density at radius 1 is 0.857 bits per heavy atom. The number of hydrogen-bond donors (Lipinski definition) is 1. The molecule has 0 spiro atoms. The summed E-state index contributed by atoms with van der Waals surface area (Å²) >= 11 is 6.08. The van der Waals surface area contributed by atoms with E-state index in [1.54, 1.807) is 4.90 Å². The van der Waals surface area contributed by atoms with Crippen molar-refractivity contribution in [3.63, 3.8) is 0 Å². The maximum Gasteiger partial charge on any atom is 0.243 e. The number of benzene rings is 3. The van der Waals surface area contributed by atoms with Crippen molar-refractivity contribution in [3.8, 4) is 0 Å². The highest BCUT2D eigenvalue weighted by atomic mass is 35.5. The molecule has 0 saturated heterocycles. The number of carbonyl (C=O) groups is 2. The topological polar surface area (TPSA) is 49.4 Å². The van der Waals surface area contributed by atoms with Crippen molar-refractivity contribution in [2.24, 2.45) is 0 Å². The standard InChI is InChI=1S/C30H35ClN2O2/c1-5-27(29(35)32-30(2,3)4)33(21-22-16-18-25(31)19-17-22)28(34)20-26(23-12-8-6-9-13-23)24-14-10-7-11-15-24/h6-19,26-27H,5,20-21H2,1-4H3,(H,32,35)/t27-/m0/s1. The van der Waals surface area contributed by atoms with Gasteiger partial charge in [-0.25, -0.2) is 0 Å². The fourth-order valence-electron chi connectivity index (χ4n) is 4.25. The van der Waals surface area contributed by atoms with Gasteiger partial charge in [-0.3, -0.25) is 9.59 Å². The third-order valence-corrected chi connectivity index (χ3v) is 6.18. The monoisotopic (exact) mass is 490 g/mol. The summed E-state index contributed by atoms with van der Waals surface area (Å²) in [7, 11) is 0. The van der Waals surface area contributed by atoms with Crippen LogP contribution >= 0.6 is 11.6 Å². The minimum Gasteiger partial charge on any atom is -0.350 e. The molecule has 0 aliphatic rings. The van der Waals surface area contributed by atoms with Gasteiger partial charge in [0.05, 0.1) is 0 Å². The Morgan fingerprint density at radius 2 is 1.37 bits per heavy atom. The first kappa shape index (κ1) is 26.5. The van der Waals surface area contributed by atoms with Gasteiger partial charge < -0.3 is 10.2 Å². The second-order valence-corrected chi connectivity index (χ2v) is 10.3. The van der Waals surface area contributed by atoms with Crippen LogP contribution in [0.15, 0.2) is 84.9 Å². The van der Waals surface area contributed by atoms with Crippen LogP contribution in [0, 0.1) is 0 Å². The lowest BCUT2D eigenvalue weighted by molar-refractivity contribution is -0.142. The molecule has 4 nitrogen and oxygen atoms in total. The first-order valence-electron chi connectivity index (χ1n) is 12.1. The molecule has 2 amide bonds. The predicted octanol–water partition coefficient (Wildman–Crippen LogP) is 6.58. The lowest BCUT2D eigenvalue weighted by Gasteiger charge is -2.34. The summed E-state index contributed by atoms with van der Waals surface area (Å²) in [6, 6.07) is 27.0. The lowest BCUT2D eigenvalue weighted by atomic mass is 9.88. The van der Waals surface area contributed by atoms with Crippen LogP contribution in [0.5, 0.6) is 0 Å². The maximum atomic E-state index is 14.0. The van der Waals surface area contributed by atoms with E-state index in [0.717, 1.165) is 16.7 Å². The Kier molecular flexibility index (Phi) is 9.11. The molecule has 0 aliphatic carbocycles. The third-order valence-electron chi connectivity index (χ3n) is 5.93. The van der Waals surface area contributed by atoms with Crippen LogP contribution in [-0.2, 0) is 16.1 Å². The minimum absolute atomic E-state index is 0.0615. The van der Waals surface area contributed by atoms with E-state index in [-0.39, 0.29) is 24.2 Å². The van der Waals surface area contributed by atoms with Crippen LogP contribution in [0.25, 0.3) is 0 Å². The maximum absolute atomic E-state index is 14.0. The van der Waals surface area contributed by atoms with Crippen molar-refractivity contribution in [1.29, 1.82) is 0 Å². The molecule has 5 heteroatoms. The third kappa shape index (κ3) is 7.69. The second-order valence-electron chi connectivity index (χ2n) is 9.89. The number of amides is 2. The van der Waals surface area contributed by atoms with Crippen LogP contribution < -0.4 is 5.32 Å². The highest BCUT2D eigenvalue weighted by molar-refractivity contribution is 6.30. The average Bonchev–Trinajstić information content (AvgIpc) is 2.83. The molecule has 184 valence electrons. The van der Waals surface area contributed by atoms with E-state index in [1.165, 1.54) is 0 Å². The molecule has 35 heavy (non-hydrogen) atoms. The molecule has 3 aromatic carbocycles. The smallest absolute Gasteiger partial charge is 0.243 e. The van der Waals surface area contributed by atoms with E-state index in [4.69, 9.17) is 11.6 Å². The van der Waals surface area contributed by atoms with Crippen molar-refractivity contribution < 1.29 is 9.59 Å². The Hall–Kier alpha value is -3.11. The SMILES string of the molecule is CC[C@@H](C(=O)NC(C)(C)C)N(Cc1ccc(Cl)cc1)C(=O)CC(c1ccccc1)c1ccccc1. The van der Waals surface area contributed by atoms with Crippen LogP contribution in [0.3, 0.4) is 0 Å². The van der Waals surface area contributed by atoms with E-state index >= 15 is 0 Å². The lowest BCUT2D eigenvalue weighted by Crippen LogP contribution is -2.53. The van der Waals surface area contributed by atoms with E-state index in [2.05, 4.69) is 29.6 Å². The Balaban J connectivity index is 1.96. The van der Waals surface area contributed by atoms with Crippen LogP contribution in [0.2, 0.25) is 5.02 Å². The van der Waals surface area contributed by atoms with Gasteiger partial charge in [0.1, 0.15) is 6.04 Å². The largest absolute Gasteiger partial charge is 0.350 e. The fraction of sp³-hybridized carbons (Fsp3) is 0.333. The molecular formula is C30H35ClN2O2. The molecule has 3 aromatic rings. The first-order valence-corrected chi connectivity index (χ1v) is 12.5. The molecular weight excluding hydrogens is 456 g/mol. The summed E-state index contributed by atoms with van der Waals surface area (Å²) in [4.78, 5) is 29.0. The van der Waals surface area contributed by atoms with Gasteiger partial charge in [0.2, 0.25) is 11.8 Å². The van der Waals surface area contributed by atoms with Gasteiger partial charge in [0.25, 0.3) is 0 Å². The number of nitrogens with one attached hydrogen (secondary N) is 1. The summed E-state index contributed by atoms with van der Waals surface area (Å²) < 4.78 is 0. The van der Waals surface area contributed by atoms with Gasteiger partial charge in [0.15, 0.2) is 0 Å². The average molecular weight is 491 g/mol. The summed E-state index contributed by atoms with van der Waals surface area (Å²) in [5, 5.41) is 3.70. The van der Waals surface area contributed by atoms with Crippen LogP contribution in [0.1, 0.15) is 63.1 Å². The van der Waals surface area contributed by atoms with Gasteiger partial charge in [-0.05, 0) is 56.0 Å². The van der Waals surface area contributed by atoms with Crippen molar-refractivity contribution in [2.75, 3.05) is 0 Å². The Labute approximate surface area is 214 Å². The quantitative estimate of drug-likeness (QED) is 0.368. The number of rotatable bonds is 9. The first-order chi connectivity index (χ1) is 16.7. The molecule has 0 radical (unpaired) electrons. The molecule has 0 bridgehead atoms. The van der Waals surface area contributed by atoms with Gasteiger partial charge in [-0.2, -0.15) is 0 Å². The van der Waals surface area contributed by atoms with Crippen molar-refractivity contribution in [1.82, 2.24) is 10.2 Å². The van der Waals surface area contributed by atoms with Crippen LogP contribution in [-0.4, -0.2) is 28.3 Å². The van der Waals surface area contributed by atoms with Crippen LogP contribution in [0.4, 0.5) is 0 Å². The Bertz CT molecular complexity index is 1050. The number of hydrogen-bond acceptors (Lipinski definition) is 2. The van der Waals surface area contributed by atoms with E-state index < -0.39 is 11.6 Å². The zero-order valence-corrected chi connectivity index (χ0v) is 21.8. The van der Waals surface area contributed by atoms with E-state index in [9.17, 15) is 9.59 Å². The summed E-state index contributed by atoms with van der Waals surface area (Å²) in [5.74, 6) is -0.312. The molecule has 0 aromatic heterocycles. The molecule has 0 heterocycles. The summed E-state index contributed by atoms with van der Waals surface area (Å²) in [6.07, 6.45) is 0.781. The van der Waals surface area contributed by atoms with Gasteiger partial charge in [-0.1, -0.05) is 91.3 Å². The fourth-order valence-corrected chi connectivity index (χ4v) is 4.38. The second kappa shape index (κ2) is 12.0. The van der Waals surface area contributed by atoms with E-state index in [1.807, 2.05) is 88.4 Å². The van der Waals surface area contributed by atoms with Crippen molar-refractivity contribution in [3.05, 3.63) is 107 Å². The highest BCUT2D eigenvalue weighted by Crippen LogP contribution is 2.30. The number of carbonyl (C=O) groups excluding carboxylic acids is 2. The zero-order valence-electron chi connectivity index (χ0n) is 21.0. The number of halogens is 1. The molecule has 1 N–H and O–H groups in total. The molecule has 0 unspecified atom stereocenters. The van der Waals surface area contributed by atoms with Crippen molar-refractivity contribution >= 4 is 23.4 Å². The minimum atomic E-state index is -0.579. The molecule has 0 saturated carbocycles. The summed E-state index contributed by atoms with van der Waals surface area (Å²) in [6.45, 7) is 8.13. The molecule has 1 atom stereocenters. The predicted molar refractivity (Wildman–Crippen MR) is 143 cm³/mol. The summed E-state index contributed by atoms with van der Waals surface area (Å²) in [5.41, 5.74) is 2.69. The highest BCUT2D eigenvalue weighted by Gasteiger charge is 2.32. The van der Waals surface area contributed by atoms with Gasteiger partial charge in [0, 0.05) is 29.4 Å². The molecule has 3 rings (SSSR count). The molecule has 0 fully saturated rings. The normalized spacial score (nSPS) is 12.3. The van der Waals surface area contributed by atoms with Gasteiger partial charge >= 0.3 is 0 Å². The number of nitrogens with zero attached hydrogens (tertiary/aromatic N) is 1.